The molecule has 0 aromatic carbocycles. The van der Waals surface area contributed by atoms with Gasteiger partial charge in [0.1, 0.15) is 36.6 Å². The molecule has 1 rings (SSSR count). The van der Waals surface area contributed by atoms with Crippen molar-refractivity contribution in [3.8, 4) is 0 Å². The predicted molar refractivity (Wildman–Crippen MR) is 252 cm³/mol. The Labute approximate surface area is 381 Å². The molecule has 9 N–H and O–H groups in total. The monoisotopic (exact) mass is 918 g/mol. The van der Waals surface area contributed by atoms with Crippen LogP contribution < -0.4 is 5.32 Å². The Bertz CT molecular complexity index is 1220. The van der Waals surface area contributed by atoms with Crippen LogP contribution in [0.25, 0.3) is 0 Å². The summed E-state index contributed by atoms with van der Waals surface area (Å²) in [6.07, 6.45) is 32.3. The number of phosphoric ester groups is 1. The van der Waals surface area contributed by atoms with Crippen molar-refractivity contribution >= 4 is 13.7 Å². The van der Waals surface area contributed by atoms with Crippen molar-refractivity contribution in [3.05, 3.63) is 36.5 Å². The molecule has 14 heteroatoms. The van der Waals surface area contributed by atoms with E-state index in [1.807, 2.05) is 6.92 Å². The minimum atomic E-state index is -5.12. The third kappa shape index (κ3) is 30.4. The van der Waals surface area contributed by atoms with Crippen LogP contribution in [0.1, 0.15) is 206 Å². The number of aliphatic hydroxyl groups is 7. The minimum Gasteiger partial charge on any atom is -0.393 e. The zero-order valence-corrected chi connectivity index (χ0v) is 40.1. The molecule has 370 valence electrons. The smallest absolute Gasteiger partial charge is 0.393 e. The third-order valence-electron chi connectivity index (χ3n) is 12.0. The van der Waals surface area contributed by atoms with E-state index in [0.29, 0.717) is 12.8 Å². The second-order valence-corrected chi connectivity index (χ2v) is 19.3. The van der Waals surface area contributed by atoms with E-state index in [-0.39, 0.29) is 6.42 Å². The molecule has 1 aliphatic carbocycles. The number of allylic oxidation sites excluding steroid dienone is 5. The number of carbonyl (C=O) groups excluding carboxylic acids is 1. The molecule has 1 aliphatic rings. The Balaban J connectivity index is 2.16. The summed E-state index contributed by atoms with van der Waals surface area (Å²) in [5.41, 5.74) is 0. The van der Waals surface area contributed by atoms with Gasteiger partial charge in [-0.15, -0.1) is 0 Å². The van der Waals surface area contributed by atoms with E-state index in [2.05, 4.69) is 36.5 Å². The largest absolute Gasteiger partial charge is 0.472 e. The summed E-state index contributed by atoms with van der Waals surface area (Å²) in [7, 11) is -5.12. The van der Waals surface area contributed by atoms with Gasteiger partial charge in [0, 0.05) is 0 Å². The zero-order valence-electron chi connectivity index (χ0n) is 39.2. The predicted octanol–water partition coefficient (Wildman–Crippen LogP) is 8.92. The molecule has 1 saturated carbocycles. The highest BCUT2D eigenvalue weighted by molar-refractivity contribution is 7.47. The van der Waals surface area contributed by atoms with Crippen LogP contribution >= 0.6 is 7.82 Å². The molecule has 1 fully saturated rings. The molecule has 0 spiro atoms. The number of rotatable bonds is 41. The van der Waals surface area contributed by atoms with Gasteiger partial charge in [-0.1, -0.05) is 192 Å². The van der Waals surface area contributed by atoms with Gasteiger partial charge in [0.25, 0.3) is 0 Å². The van der Waals surface area contributed by atoms with Crippen LogP contribution in [0.2, 0.25) is 0 Å². The van der Waals surface area contributed by atoms with E-state index in [9.17, 15) is 50.0 Å². The van der Waals surface area contributed by atoms with Crippen molar-refractivity contribution in [2.75, 3.05) is 6.61 Å². The second-order valence-electron chi connectivity index (χ2n) is 17.8. The second kappa shape index (κ2) is 38.6. The number of nitrogens with one attached hydrogen (secondary N) is 1. The molecule has 1 amide bonds. The topological polar surface area (TPSA) is 226 Å². The Hall–Kier alpha value is -1.48. The molecule has 0 saturated heterocycles. The van der Waals surface area contributed by atoms with Gasteiger partial charge in [0.15, 0.2) is 0 Å². The number of aliphatic hydroxyl groups excluding tert-OH is 7. The lowest BCUT2D eigenvalue weighted by Gasteiger charge is -2.41. The number of hydrogen-bond acceptors (Lipinski definition) is 11. The first-order valence-electron chi connectivity index (χ1n) is 25.0. The molecule has 0 bridgehead atoms. The van der Waals surface area contributed by atoms with Crippen LogP contribution in [0.3, 0.4) is 0 Å². The normalized spacial score (nSPS) is 23.1. The van der Waals surface area contributed by atoms with Crippen LogP contribution in [0.4, 0.5) is 0 Å². The summed E-state index contributed by atoms with van der Waals surface area (Å²) in [6.45, 7) is 3.54. The lowest BCUT2D eigenvalue weighted by atomic mass is 9.85. The summed E-state index contributed by atoms with van der Waals surface area (Å²) in [5, 5.41) is 73.8. The Kier molecular flexibility index (Phi) is 36.5. The molecular formula is C49H92NO12P. The summed E-state index contributed by atoms with van der Waals surface area (Å²) in [6, 6.07) is -1.24. The lowest BCUT2D eigenvalue weighted by Crippen LogP contribution is -2.64. The van der Waals surface area contributed by atoms with Crippen LogP contribution in [-0.4, -0.2) is 108 Å². The van der Waals surface area contributed by atoms with Gasteiger partial charge in [-0.05, 0) is 44.9 Å². The van der Waals surface area contributed by atoms with Crippen molar-refractivity contribution < 1.29 is 59.0 Å². The van der Waals surface area contributed by atoms with Crippen molar-refractivity contribution in [1.29, 1.82) is 0 Å². The lowest BCUT2D eigenvalue weighted by molar-refractivity contribution is -0.220. The fourth-order valence-electron chi connectivity index (χ4n) is 7.85. The van der Waals surface area contributed by atoms with Gasteiger partial charge in [-0.2, -0.15) is 0 Å². The van der Waals surface area contributed by atoms with Crippen molar-refractivity contribution in [2.24, 2.45) is 0 Å². The maximum absolute atomic E-state index is 12.9. The molecule has 13 nitrogen and oxygen atoms in total. The first-order chi connectivity index (χ1) is 30.3. The molecule has 0 aromatic heterocycles. The Morgan fingerprint density at radius 1 is 0.571 bits per heavy atom. The summed E-state index contributed by atoms with van der Waals surface area (Å²) >= 11 is 0. The van der Waals surface area contributed by atoms with Crippen molar-refractivity contribution in [2.45, 2.75) is 261 Å². The van der Waals surface area contributed by atoms with Gasteiger partial charge in [0.05, 0.1) is 31.3 Å². The molecule has 0 aromatic rings. The van der Waals surface area contributed by atoms with Gasteiger partial charge < -0.3 is 46.0 Å². The molecular weight excluding hydrogens is 826 g/mol. The molecule has 8 atom stereocenters. The highest BCUT2D eigenvalue weighted by Crippen LogP contribution is 2.47. The van der Waals surface area contributed by atoms with Gasteiger partial charge >= 0.3 is 7.82 Å². The maximum atomic E-state index is 12.9. The van der Waals surface area contributed by atoms with E-state index in [4.69, 9.17) is 9.05 Å². The van der Waals surface area contributed by atoms with E-state index in [1.54, 1.807) is 6.08 Å². The minimum absolute atomic E-state index is 0.247. The highest BCUT2D eigenvalue weighted by atomic mass is 31.2. The third-order valence-corrected chi connectivity index (χ3v) is 13.0. The van der Waals surface area contributed by atoms with Crippen LogP contribution in [-0.2, 0) is 18.4 Å². The maximum Gasteiger partial charge on any atom is 0.472 e. The van der Waals surface area contributed by atoms with E-state index >= 15 is 0 Å². The van der Waals surface area contributed by atoms with Gasteiger partial charge in [0.2, 0.25) is 5.91 Å². The average molecular weight is 918 g/mol. The average Bonchev–Trinajstić information content (AvgIpc) is 3.26. The zero-order chi connectivity index (χ0) is 46.6. The Morgan fingerprint density at radius 3 is 1.46 bits per heavy atom. The molecule has 8 unspecified atom stereocenters. The first-order valence-corrected chi connectivity index (χ1v) is 26.5. The fraction of sp³-hybridized carbons (Fsp3) is 0.857. The molecule has 0 aliphatic heterocycles. The number of hydrogen-bond donors (Lipinski definition) is 9. The van der Waals surface area contributed by atoms with Crippen LogP contribution in [0.15, 0.2) is 36.5 Å². The van der Waals surface area contributed by atoms with Crippen molar-refractivity contribution in [3.63, 3.8) is 0 Å². The quantitative estimate of drug-likeness (QED) is 0.0159. The summed E-state index contributed by atoms with van der Waals surface area (Å²) in [5.74, 6) is -0.602. The van der Waals surface area contributed by atoms with E-state index in [1.165, 1.54) is 134 Å². The number of phosphoric acid groups is 1. The number of unbranched alkanes of at least 4 members (excludes halogenated alkanes) is 24. The molecule has 0 radical (unpaired) electrons. The fourth-order valence-corrected chi connectivity index (χ4v) is 8.81. The van der Waals surface area contributed by atoms with Crippen LogP contribution in [0, 0.1) is 0 Å². The number of carbonyl (C=O) groups is 1. The number of amides is 1. The Morgan fingerprint density at radius 2 is 0.984 bits per heavy atom. The SMILES string of the molecule is CCCC/C=C/C(O)C(COP(=O)(O)OC1C(O)C(O)C(O)C(O)C1O)NC(=O)CC(O)CCCCCCCCCCCCCCC/C=C\C/C=C\CCCCCCCCCCC. The van der Waals surface area contributed by atoms with E-state index < -0.39 is 75.2 Å². The highest BCUT2D eigenvalue weighted by Gasteiger charge is 2.51. The first kappa shape index (κ1) is 59.5. The summed E-state index contributed by atoms with van der Waals surface area (Å²) in [4.78, 5) is 23.2. The molecule has 63 heavy (non-hydrogen) atoms. The van der Waals surface area contributed by atoms with Gasteiger partial charge in [-0.3, -0.25) is 13.8 Å². The molecule has 0 heterocycles. The standard InChI is InChI=1S/C49H92NO12P/c1-3-5-7-9-10-11-12-13-14-15-16-17-18-19-20-21-22-23-24-25-26-27-28-29-30-31-32-33-34-36-40(51)38-43(53)50-41(42(52)37-35-8-6-4-2)39-61-63(59,60)62-49-47(57)45(55)44(54)46(56)48(49)58/h16-17,19-20,35,37,40-42,44-49,51-52,54-58H,3-15,18,21-34,36,38-39H2,1-2H3,(H,50,53)(H,59,60)/b17-16-,20-19-,37-35+. The van der Waals surface area contributed by atoms with Gasteiger partial charge in [-0.25, -0.2) is 4.57 Å². The van der Waals surface area contributed by atoms with Crippen LogP contribution in [0.5, 0.6) is 0 Å². The van der Waals surface area contributed by atoms with E-state index in [0.717, 1.165) is 44.9 Å². The van der Waals surface area contributed by atoms with Crippen molar-refractivity contribution in [1.82, 2.24) is 5.32 Å². The summed E-state index contributed by atoms with van der Waals surface area (Å²) < 4.78 is 22.6.